The zero-order valence-electron chi connectivity index (χ0n) is 22.5. The van der Waals surface area contributed by atoms with E-state index < -0.39 is 6.10 Å². The maximum atomic E-state index is 12.8. The molecule has 0 bridgehead atoms. The van der Waals surface area contributed by atoms with Gasteiger partial charge in [0, 0.05) is 12.5 Å². The van der Waals surface area contributed by atoms with Crippen molar-refractivity contribution in [1.29, 1.82) is 0 Å². The molecule has 5 rings (SSSR count). The number of ketones is 1. The molecule has 0 unspecified atom stereocenters. The fourth-order valence-electron chi connectivity index (χ4n) is 11.2. The van der Waals surface area contributed by atoms with Crippen molar-refractivity contribution in [3.8, 4) is 0 Å². The van der Waals surface area contributed by atoms with Gasteiger partial charge in [-0.1, -0.05) is 48.5 Å². The fraction of sp³-hybridized carbons (Fsp3) is 0.967. The predicted octanol–water partition coefficient (Wildman–Crippen LogP) is 6.40. The first kappa shape index (κ1) is 24.3. The maximum absolute atomic E-state index is 12.8. The average molecular weight is 459 g/mol. The molecule has 5 saturated carbocycles. The second kappa shape index (κ2) is 7.09. The van der Waals surface area contributed by atoms with Crippen LogP contribution in [0, 0.1) is 56.2 Å². The molecule has 0 aliphatic heterocycles. The van der Waals surface area contributed by atoms with Gasteiger partial charge >= 0.3 is 0 Å². The molecule has 3 heteroatoms. The molecule has 5 aliphatic rings. The van der Waals surface area contributed by atoms with Crippen LogP contribution in [0.2, 0.25) is 0 Å². The molecular formula is C30H50O3. The lowest BCUT2D eigenvalue weighted by Crippen LogP contribution is -2.69. The highest BCUT2D eigenvalue weighted by Gasteiger charge is 2.71. The lowest BCUT2D eigenvalue weighted by molar-refractivity contribution is -0.265. The number of rotatable bonds is 1. The summed E-state index contributed by atoms with van der Waals surface area (Å²) in [6, 6.07) is 0. The van der Waals surface area contributed by atoms with Gasteiger partial charge in [-0.2, -0.15) is 0 Å². The highest BCUT2D eigenvalue weighted by Crippen LogP contribution is 2.78. The van der Waals surface area contributed by atoms with Crippen LogP contribution in [0.3, 0.4) is 0 Å². The topological polar surface area (TPSA) is 57.5 Å². The maximum Gasteiger partial charge on any atom is 0.164 e. The number of hydrogen-bond acceptors (Lipinski definition) is 3. The number of aliphatic hydroxyl groups is 2. The van der Waals surface area contributed by atoms with Crippen molar-refractivity contribution < 1.29 is 15.0 Å². The molecule has 2 N–H and O–H groups in total. The molecule has 0 aromatic rings. The van der Waals surface area contributed by atoms with E-state index >= 15 is 0 Å². The molecule has 33 heavy (non-hydrogen) atoms. The average Bonchev–Trinajstić information content (AvgIpc) is 2.76. The fourth-order valence-corrected chi connectivity index (χ4v) is 11.2. The van der Waals surface area contributed by atoms with Crippen molar-refractivity contribution >= 4 is 5.78 Å². The first-order chi connectivity index (χ1) is 15.2. The Morgan fingerprint density at radius 2 is 1.39 bits per heavy atom. The van der Waals surface area contributed by atoms with Crippen molar-refractivity contribution in [2.24, 2.45) is 56.2 Å². The third kappa shape index (κ3) is 2.90. The lowest BCUT2D eigenvalue weighted by Gasteiger charge is -2.75. The van der Waals surface area contributed by atoms with E-state index in [-0.39, 0.29) is 38.8 Å². The smallest absolute Gasteiger partial charge is 0.164 e. The summed E-state index contributed by atoms with van der Waals surface area (Å²) in [7, 11) is 0. The van der Waals surface area contributed by atoms with Crippen LogP contribution in [-0.2, 0) is 4.79 Å². The first-order valence-electron chi connectivity index (χ1n) is 14.0. The Hall–Kier alpha value is -0.410. The van der Waals surface area contributed by atoms with Crippen LogP contribution in [0.4, 0.5) is 0 Å². The molecule has 0 spiro atoms. The Balaban J connectivity index is 1.56. The Kier molecular flexibility index (Phi) is 5.22. The third-order valence-electron chi connectivity index (χ3n) is 13.8. The first-order valence-corrected chi connectivity index (χ1v) is 14.0. The quantitative estimate of drug-likeness (QED) is 0.478. The van der Waals surface area contributed by atoms with E-state index in [0.29, 0.717) is 36.2 Å². The van der Waals surface area contributed by atoms with E-state index in [1.54, 1.807) is 0 Å². The molecule has 0 heterocycles. The Morgan fingerprint density at radius 1 is 0.788 bits per heavy atom. The molecular weight excluding hydrogens is 408 g/mol. The van der Waals surface area contributed by atoms with Crippen LogP contribution in [0.1, 0.15) is 113 Å². The Labute approximate surface area is 202 Å². The van der Waals surface area contributed by atoms with Crippen molar-refractivity contribution in [2.45, 2.75) is 119 Å². The third-order valence-corrected chi connectivity index (χ3v) is 13.8. The van der Waals surface area contributed by atoms with Gasteiger partial charge in [0.05, 0.1) is 0 Å². The summed E-state index contributed by atoms with van der Waals surface area (Å²) < 4.78 is 0. The van der Waals surface area contributed by atoms with Crippen LogP contribution < -0.4 is 0 Å². The van der Waals surface area contributed by atoms with Gasteiger partial charge in [0.25, 0.3) is 0 Å². The van der Waals surface area contributed by atoms with Crippen molar-refractivity contribution in [2.75, 3.05) is 6.61 Å². The van der Waals surface area contributed by atoms with E-state index in [4.69, 9.17) is 0 Å². The van der Waals surface area contributed by atoms with E-state index in [9.17, 15) is 15.0 Å². The molecule has 0 radical (unpaired) electrons. The van der Waals surface area contributed by atoms with Gasteiger partial charge < -0.3 is 10.2 Å². The summed E-state index contributed by atoms with van der Waals surface area (Å²) in [5, 5.41) is 21.5. The van der Waals surface area contributed by atoms with E-state index in [0.717, 1.165) is 6.42 Å². The minimum Gasteiger partial charge on any atom is -0.396 e. The van der Waals surface area contributed by atoms with Gasteiger partial charge in [-0.15, -0.1) is 0 Å². The SMILES string of the molecule is C[C@H]1C(=O)[C@H](O)C[C@@H]2[C@]3(C)CC[C@@]4(C)[C@@H]5CC(C)(C)CC[C@]5(CO)CC[C@]4(C)[C@H]3CC[C@]21C. The van der Waals surface area contributed by atoms with Crippen molar-refractivity contribution in [1.82, 2.24) is 0 Å². The van der Waals surface area contributed by atoms with Gasteiger partial charge in [-0.25, -0.2) is 0 Å². The van der Waals surface area contributed by atoms with Gasteiger partial charge in [-0.3, -0.25) is 4.79 Å². The number of carbonyl (C=O) groups is 1. The number of hydrogen-bond donors (Lipinski definition) is 2. The van der Waals surface area contributed by atoms with E-state index in [1.165, 1.54) is 51.4 Å². The molecule has 5 fully saturated rings. The van der Waals surface area contributed by atoms with Crippen LogP contribution in [0.25, 0.3) is 0 Å². The van der Waals surface area contributed by atoms with E-state index in [1.807, 2.05) is 0 Å². The summed E-state index contributed by atoms with van der Waals surface area (Å²) in [4.78, 5) is 12.8. The van der Waals surface area contributed by atoms with Crippen LogP contribution >= 0.6 is 0 Å². The summed E-state index contributed by atoms with van der Waals surface area (Å²) in [6.45, 7) is 17.5. The predicted molar refractivity (Wildman–Crippen MR) is 133 cm³/mol. The van der Waals surface area contributed by atoms with Crippen LogP contribution in [0.15, 0.2) is 0 Å². The number of aliphatic hydroxyl groups excluding tert-OH is 2. The zero-order chi connectivity index (χ0) is 24.2. The Morgan fingerprint density at radius 3 is 2.06 bits per heavy atom. The molecule has 3 nitrogen and oxygen atoms in total. The van der Waals surface area contributed by atoms with Gasteiger partial charge in [0.1, 0.15) is 6.10 Å². The van der Waals surface area contributed by atoms with Crippen LogP contribution in [-0.4, -0.2) is 28.7 Å². The van der Waals surface area contributed by atoms with Crippen molar-refractivity contribution in [3.63, 3.8) is 0 Å². The molecule has 188 valence electrons. The monoisotopic (exact) mass is 458 g/mol. The summed E-state index contributed by atoms with van der Waals surface area (Å²) >= 11 is 0. The number of fused-ring (bicyclic) bond motifs is 7. The summed E-state index contributed by atoms with van der Waals surface area (Å²) in [6.07, 6.45) is 10.7. The minimum absolute atomic E-state index is 0.0159. The molecule has 0 amide bonds. The highest BCUT2D eigenvalue weighted by atomic mass is 16.3. The standard InChI is InChI=1S/C30H50O3/c1-19-24(33)20(32)16-22-26(19,4)9-8-21-27(22,5)11-12-29(7)23-17-25(2,3)10-14-30(23,18-31)15-13-28(21,29)6/h19-23,31-32H,8-18H2,1-7H3/t19-,20+,21-,22-,23-,26-,27+,28+,29-,30+/m0/s1. The second-order valence-electron chi connectivity index (χ2n) is 15.3. The number of Topliss-reactive ketones (excluding diaryl/α,β-unsaturated/α-hetero) is 1. The lowest BCUT2D eigenvalue weighted by atomic mass is 9.30. The normalized spacial score (nSPS) is 58.0. The van der Waals surface area contributed by atoms with E-state index in [2.05, 4.69) is 48.5 Å². The molecule has 0 aromatic carbocycles. The molecule has 5 aliphatic carbocycles. The number of carbonyl (C=O) groups excluding carboxylic acids is 1. The minimum atomic E-state index is -0.776. The summed E-state index contributed by atoms with van der Waals surface area (Å²) in [5.74, 6) is 1.68. The highest BCUT2D eigenvalue weighted by molar-refractivity contribution is 5.86. The largest absolute Gasteiger partial charge is 0.396 e. The molecule has 0 saturated heterocycles. The van der Waals surface area contributed by atoms with Gasteiger partial charge in [0.2, 0.25) is 0 Å². The van der Waals surface area contributed by atoms with Crippen molar-refractivity contribution in [3.05, 3.63) is 0 Å². The summed E-state index contributed by atoms with van der Waals surface area (Å²) in [5.41, 5.74) is 1.18. The molecule has 0 aromatic heterocycles. The van der Waals surface area contributed by atoms with Gasteiger partial charge in [0.15, 0.2) is 5.78 Å². The second-order valence-corrected chi connectivity index (χ2v) is 15.3. The van der Waals surface area contributed by atoms with Crippen LogP contribution in [0.5, 0.6) is 0 Å². The Bertz CT molecular complexity index is 834. The molecule has 10 atom stereocenters. The van der Waals surface area contributed by atoms with Gasteiger partial charge in [-0.05, 0) is 114 Å². The zero-order valence-corrected chi connectivity index (χ0v) is 22.5.